The Balaban J connectivity index is 3.22. The molecule has 13 heavy (non-hydrogen) atoms. The summed E-state index contributed by atoms with van der Waals surface area (Å²) in [5, 5.41) is 0. The standard InChI is InChI=1S/C12H19N/c1-6-11-8-12(13(4)5)7-9(2)10(11)3/h7-8H,6H2,1-5H3. The summed E-state index contributed by atoms with van der Waals surface area (Å²) in [6, 6.07) is 4.52. The largest absolute Gasteiger partial charge is 0.378 e. The first-order chi connectivity index (χ1) is 6.06. The SMILES string of the molecule is CCc1cc(N(C)C)cc(C)c1C. The molecule has 0 aliphatic rings. The molecule has 0 radical (unpaired) electrons. The summed E-state index contributed by atoms with van der Waals surface area (Å²) in [6.45, 7) is 6.59. The van der Waals surface area contributed by atoms with Crippen LogP contribution in [0.1, 0.15) is 23.6 Å². The summed E-state index contributed by atoms with van der Waals surface area (Å²) in [4.78, 5) is 2.16. The van der Waals surface area contributed by atoms with Gasteiger partial charge in [0.15, 0.2) is 0 Å². The quantitative estimate of drug-likeness (QED) is 0.671. The van der Waals surface area contributed by atoms with Crippen LogP contribution >= 0.6 is 0 Å². The molecule has 1 heteroatoms. The fourth-order valence-corrected chi connectivity index (χ4v) is 1.54. The van der Waals surface area contributed by atoms with Crippen LogP contribution < -0.4 is 4.90 Å². The molecular formula is C12H19N. The zero-order valence-electron chi connectivity index (χ0n) is 9.31. The fourth-order valence-electron chi connectivity index (χ4n) is 1.54. The Hall–Kier alpha value is -0.980. The number of hydrogen-bond donors (Lipinski definition) is 0. The molecule has 1 nitrogen and oxygen atoms in total. The van der Waals surface area contributed by atoms with E-state index in [0.29, 0.717) is 0 Å². The molecule has 1 rings (SSSR count). The predicted octanol–water partition coefficient (Wildman–Crippen LogP) is 2.93. The lowest BCUT2D eigenvalue weighted by Crippen LogP contribution is -2.09. The van der Waals surface area contributed by atoms with Crippen molar-refractivity contribution in [3.8, 4) is 0 Å². The first-order valence-corrected chi connectivity index (χ1v) is 4.83. The second-order valence-corrected chi connectivity index (χ2v) is 3.79. The zero-order chi connectivity index (χ0) is 10.0. The van der Waals surface area contributed by atoms with Crippen molar-refractivity contribution >= 4 is 5.69 Å². The van der Waals surface area contributed by atoms with Gasteiger partial charge >= 0.3 is 0 Å². The van der Waals surface area contributed by atoms with E-state index in [1.807, 2.05) is 0 Å². The lowest BCUT2D eigenvalue weighted by molar-refractivity contribution is 1.06. The predicted molar refractivity (Wildman–Crippen MR) is 59.6 cm³/mol. The normalized spacial score (nSPS) is 10.2. The zero-order valence-corrected chi connectivity index (χ0v) is 9.31. The maximum Gasteiger partial charge on any atom is 0.0366 e. The first kappa shape index (κ1) is 10.1. The van der Waals surface area contributed by atoms with Gasteiger partial charge in [0, 0.05) is 19.8 Å². The van der Waals surface area contributed by atoms with Gasteiger partial charge in [0.2, 0.25) is 0 Å². The van der Waals surface area contributed by atoms with E-state index in [1.165, 1.54) is 22.4 Å². The number of anilines is 1. The average Bonchev–Trinajstić information content (AvgIpc) is 2.09. The van der Waals surface area contributed by atoms with E-state index in [1.54, 1.807) is 0 Å². The van der Waals surface area contributed by atoms with Crippen LogP contribution in [-0.2, 0) is 6.42 Å². The molecule has 0 N–H and O–H groups in total. The highest BCUT2D eigenvalue weighted by Crippen LogP contribution is 2.21. The van der Waals surface area contributed by atoms with Crippen LogP contribution in [0.3, 0.4) is 0 Å². The Morgan fingerprint density at radius 2 is 1.77 bits per heavy atom. The minimum atomic E-state index is 1.12. The number of benzene rings is 1. The molecule has 0 bridgehead atoms. The molecule has 0 unspecified atom stereocenters. The van der Waals surface area contributed by atoms with E-state index in [-0.39, 0.29) is 0 Å². The fraction of sp³-hybridized carbons (Fsp3) is 0.500. The van der Waals surface area contributed by atoms with Gasteiger partial charge in [-0.2, -0.15) is 0 Å². The second-order valence-electron chi connectivity index (χ2n) is 3.79. The highest BCUT2D eigenvalue weighted by Gasteiger charge is 2.03. The third kappa shape index (κ3) is 2.03. The van der Waals surface area contributed by atoms with Crippen LogP contribution in [0.25, 0.3) is 0 Å². The van der Waals surface area contributed by atoms with Crippen LogP contribution in [0.2, 0.25) is 0 Å². The van der Waals surface area contributed by atoms with Gasteiger partial charge in [-0.1, -0.05) is 6.92 Å². The van der Waals surface area contributed by atoms with Crippen LogP contribution in [0.5, 0.6) is 0 Å². The van der Waals surface area contributed by atoms with Crippen LogP contribution in [0.4, 0.5) is 5.69 Å². The lowest BCUT2D eigenvalue weighted by atomic mass is 10.0. The maximum absolute atomic E-state index is 2.28. The molecular weight excluding hydrogens is 158 g/mol. The van der Waals surface area contributed by atoms with Crippen molar-refractivity contribution in [2.45, 2.75) is 27.2 Å². The number of rotatable bonds is 2. The molecule has 0 atom stereocenters. The summed E-state index contributed by atoms with van der Waals surface area (Å²) < 4.78 is 0. The van der Waals surface area contributed by atoms with Gasteiger partial charge in [-0.05, 0) is 49.1 Å². The van der Waals surface area contributed by atoms with Gasteiger partial charge in [-0.3, -0.25) is 0 Å². The van der Waals surface area contributed by atoms with Gasteiger partial charge in [0.1, 0.15) is 0 Å². The molecule has 0 aliphatic carbocycles. The van der Waals surface area contributed by atoms with E-state index in [0.717, 1.165) is 6.42 Å². The summed E-state index contributed by atoms with van der Waals surface area (Å²) in [6.07, 6.45) is 1.12. The van der Waals surface area contributed by atoms with E-state index in [4.69, 9.17) is 0 Å². The topological polar surface area (TPSA) is 3.24 Å². The Morgan fingerprint density at radius 3 is 2.23 bits per heavy atom. The molecule has 1 aromatic rings. The Labute approximate surface area is 81.4 Å². The minimum Gasteiger partial charge on any atom is -0.378 e. The van der Waals surface area contributed by atoms with Crippen molar-refractivity contribution in [2.24, 2.45) is 0 Å². The molecule has 0 saturated carbocycles. The number of aryl methyl sites for hydroxylation is 2. The van der Waals surface area contributed by atoms with E-state index in [9.17, 15) is 0 Å². The molecule has 72 valence electrons. The molecule has 0 fully saturated rings. The van der Waals surface area contributed by atoms with Crippen molar-refractivity contribution in [2.75, 3.05) is 19.0 Å². The minimum absolute atomic E-state index is 1.12. The van der Waals surface area contributed by atoms with E-state index in [2.05, 4.69) is 51.9 Å². The van der Waals surface area contributed by atoms with Crippen molar-refractivity contribution in [3.05, 3.63) is 28.8 Å². The molecule has 0 amide bonds. The monoisotopic (exact) mass is 177 g/mol. The summed E-state index contributed by atoms with van der Waals surface area (Å²) in [7, 11) is 4.17. The third-order valence-corrected chi connectivity index (χ3v) is 2.66. The Kier molecular flexibility index (Phi) is 2.97. The molecule has 0 heterocycles. The first-order valence-electron chi connectivity index (χ1n) is 4.83. The van der Waals surface area contributed by atoms with Crippen LogP contribution in [-0.4, -0.2) is 14.1 Å². The molecule has 0 aromatic heterocycles. The summed E-state index contributed by atoms with van der Waals surface area (Å²) in [5.74, 6) is 0. The molecule has 0 aliphatic heterocycles. The summed E-state index contributed by atoms with van der Waals surface area (Å²) in [5.41, 5.74) is 5.60. The third-order valence-electron chi connectivity index (χ3n) is 2.66. The van der Waals surface area contributed by atoms with Gasteiger partial charge in [-0.15, -0.1) is 0 Å². The van der Waals surface area contributed by atoms with Gasteiger partial charge in [0.05, 0.1) is 0 Å². The Morgan fingerprint density at radius 1 is 1.15 bits per heavy atom. The average molecular weight is 177 g/mol. The van der Waals surface area contributed by atoms with Crippen molar-refractivity contribution in [1.29, 1.82) is 0 Å². The van der Waals surface area contributed by atoms with Crippen LogP contribution in [0.15, 0.2) is 12.1 Å². The summed E-state index contributed by atoms with van der Waals surface area (Å²) >= 11 is 0. The van der Waals surface area contributed by atoms with Crippen molar-refractivity contribution in [1.82, 2.24) is 0 Å². The van der Waals surface area contributed by atoms with Gasteiger partial charge < -0.3 is 4.90 Å². The Bertz CT molecular complexity index is 300. The smallest absolute Gasteiger partial charge is 0.0366 e. The highest BCUT2D eigenvalue weighted by atomic mass is 15.1. The maximum atomic E-state index is 2.28. The van der Waals surface area contributed by atoms with Gasteiger partial charge in [0.25, 0.3) is 0 Å². The highest BCUT2D eigenvalue weighted by molar-refractivity contribution is 5.53. The van der Waals surface area contributed by atoms with Crippen molar-refractivity contribution < 1.29 is 0 Å². The molecule has 0 saturated heterocycles. The lowest BCUT2D eigenvalue weighted by Gasteiger charge is -2.16. The molecule has 1 aromatic carbocycles. The van der Waals surface area contributed by atoms with E-state index < -0.39 is 0 Å². The van der Waals surface area contributed by atoms with Crippen LogP contribution in [0, 0.1) is 13.8 Å². The van der Waals surface area contributed by atoms with Crippen molar-refractivity contribution in [3.63, 3.8) is 0 Å². The molecule has 0 spiro atoms. The second kappa shape index (κ2) is 3.82. The number of nitrogens with zero attached hydrogens (tertiary/aromatic N) is 1. The van der Waals surface area contributed by atoms with E-state index >= 15 is 0 Å². The number of hydrogen-bond acceptors (Lipinski definition) is 1. The van der Waals surface area contributed by atoms with Gasteiger partial charge in [-0.25, -0.2) is 0 Å².